The van der Waals surface area contributed by atoms with Crippen LogP contribution in [0.15, 0.2) is 36.7 Å². The third-order valence-electron chi connectivity index (χ3n) is 3.43. The Morgan fingerprint density at radius 2 is 1.75 bits per heavy atom. The third-order valence-corrected chi connectivity index (χ3v) is 3.43. The molecule has 0 N–H and O–H groups in total. The quantitative estimate of drug-likeness (QED) is 0.788. The van der Waals surface area contributed by atoms with Gasteiger partial charge in [-0.1, -0.05) is 24.3 Å². The fourth-order valence-corrected chi connectivity index (χ4v) is 2.45. The van der Waals surface area contributed by atoms with Gasteiger partial charge in [0.25, 0.3) is 0 Å². The van der Waals surface area contributed by atoms with Crippen molar-refractivity contribution in [3.8, 4) is 0 Å². The third kappa shape index (κ3) is 1.95. The number of halogens is 2. The van der Waals surface area contributed by atoms with E-state index >= 15 is 0 Å². The van der Waals surface area contributed by atoms with Gasteiger partial charge in [-0.05, 0) is 0 Å². The highest BCUT2D eigenvalue weighted by molar-refractivity contribution is 6.07. The highest BCUT2D eigenvalue weighted by Gasteiger charge is 2.45. The predicted molar refractivity (Wildman–Crippen MR) is 64.3 cm³/mol. The van der Waals surface area contributed by atoms with Crippen LogP contribution in [-0.4, -0.2) is 26.5 Å². The molecule has 2 heterocycles. The summed E-state index contributed by atoms with van der Waals surface area (Å²) in [6.07, 6.45) is 9.20. The van der Waals surface area contributed by atoms with Gasteiger partial charge in [0, 0.05) is 11.8 Å². The molecule has 0 bridgehead atoms. The second-order valence-corrected chi connectivity index (χ2v) is 4.69. The van der Waals surface area contributed by atoms with Crippen molar-refractivity contribution in [1.82, 2.24) is 14.7 Å². The van der Waals surface area contributed by atoms with Crippen LogP contribution in [0.4, 0.5) is 8.78 Å². The Labute approximate surface area is 113 Å². The first-order chi connectivity index (χ1) is 9.58. The summed E-state index contributed by atoms with van der Waals surface area (Å²) in [5.74, 6) is -1.55. The van der Waals surface area contributed by atoms with E-state index in [9.17, 15) is 18.4 Å². The van der Waals surface area contributed by atoms with Crippen molar-refractivity contribution in [2.45, 2.75) is 13.1 Å². The molecule has 2 unspecified atom stereocenters. The van der Waals surface area contributed by atoms with Crippen LogP contribution in [0.2, 0.25) is 0 Å². The molecule has 2 aliphatic rings. The molecule has 0 aromatic carbocycles. The molecule has 1 saturated heterocycles. The molecule has 0 spiro atoms. The molecule has 0 radical (unpaired) electrons. The summed E-state index contributed by atoms with van der Waals surface area (Å²) in [4.78, 5) is 25.4. The van der Waals surface area contributed by atoms with Crippen molar-refractivity contribution < 1.29 is 18.4 Å². The van der Waals surface area contributed by atoms with Gasteiger partial charge >= 0.3 is 6.55 Å². The number of aromatic nitrogens is 2. The number of carbonyl (C=O) groups excluding carboxylic acids is 2. The number of hydrogen-bond acceptors (Lipinski definition) is 3. The number of amides is 2. The number of allylic oxidation sites excluding steroid dienone is 2. The Morgan fingerprint density at radius 3 is 2.25 bits per heavy atom. The SMILES string of the molecule is O=C1C2C=CC=CC2C(=O)N1Cc1cnn(C(F)F)c1. The van der Waals surface area contributed by atoms with Gasteiger partial charge in [-0.3, -0.25) is 14.5 Å². The van der Waals surface area contributed by atoms with Gasteiger partial charge in [-0.25, -0.2) is 4.68 Å². The summed E-state index contributed by atoms with van der Waals surface area (Å²) in [6.45, 7) is -2.76. The van der Waals surface area contributed by atoms with E-state index in [1.807, 2.05) is 0 Å². The number of hydrogen-bond donors (Lipinski definition) is 0. The monoisotopic (exact) mass is 279 g/mol. The molecule has 1 aliphatic heterocycles. The Balaban J connectivity index is 1.80. The van der Waals surface area contributed by atoms with Crippen LogP contribution >= 0.6 is 0 Å². The van der Waals surface area contributed by atoms with Gasteiger partial charge in [0.2, 0.25) is 11.8 Å². The lowest BCUT2D eigenvalue weighted by Gasteiger charge is -2.12. The van der Waals surface area contributed by atoms with Crippen molar-refractivity contribution in [3.05, 3.63) is 42.3 Å². The minimum absolute atomic E-state index is 0.0287. The summed E-state index contributed by atoms with van der Waals surface area (Å²) < 4.78 is 25.3. The van der Waals surface area contributed by atoms with Crippen LogP contribution in [-0.2, 0) is 16.1 Å². The summed E-state index contributed by atoms with van der Waals surface area (Å²) in [6, 6.07) is 0. The fraction of sp³-hybridized carbons (Fsp3) is 0.308. The molecular formula is C13H11F2N3O2. The zero-order valence-electron chi connectivity index (χ0n) is 10.3. The Morgan fingerprint density at radius 1 is 1.15 bits per heavy atom. The number of carbonyl (C=O) groups is 2. The van der Waals surface area contributed by atoms with Gasteiger partial charge in [0.05, 0.1) is 24.6 Å². The molecule has 1 aromatic heterocycles. The molecule has 3 rings (SSSR count). The number of imide groups is 1. The minimum Gasteiger partial charge on any atom is -0.277 e. The second kappa shape index (κ2) is 4.66. The Hall–Kier alpha value is -2.31. The van der Waals surface area contributed by atoms with Crippen LogP contribution < -0.4 is 0 Å². The lowest BCUT2D eigenvalue weighted by Crippen LogP contribution is -2.30. The van der Waals surface area contributed by atoms with E-state index in [2.05, 4.69) is 5.10 Å². The maximum Gasteiger partial charge on any atom is 0.333 e. The van der Waals surface area contributed by atoms with E-state index < -0.39 is 18.4 Å². The molecule has 0 saturated carbocycles. The van der Waals surface area contributed by atoms with Crippen molar-refractivity contribution in [1.29, 1.82) is 0 Å². The Bertz CT molecular complexity index is 591. The maximum atomic E-state index is 12.4. The fourth-order valence-electron chi connectivity index (χ4n) is 2.45. The molecule has 7 heteroatoms. The molecule has 1 aliphatic carbocycles. The average Bonchev–Trinajstić information content (AvgIpc) is 3.00. The molecule has 1 aromatic rings. The van der Waals surface area contributed by atoms with Crippen LogP contribution in [0.25, 0.3) is 0 Å². The zero-order chi connectivity index (χ0) is 14.3. The van der Waals surface area contributed by atoms with Crippen LogP contribution in [0.3, 0.4) is 0 Å². The van der Waals surface area contributed by atoms with Crippen molar-refractivity contribution in [3.63, 3.8) is 0 Å². The van der Waals surface area contributed by atoms with E-state index in [4.69, 9.17) is 0 Å². The normalized spacial score (nSPS) is 24.9. The minimum atomic E-state index is -2.73. The number of nitrogens with zero attached hydrogens (tertiary/aromatic N) is 3. The van der Waals surface area contributed by atoms with Gasteiger partial charge in [-0.15, -0.1) is 0 Å². The summed E-state index contributed by atoms with van der Waals surface area (Å²) in [5, 5.41) is 3.49. The number of likely N-dealkylation sites (tertiary alicyclic amines) is 1. The second-order valence-electron chi connectivity index (χ2n) is 4.69. The van der Waals surface area contributed by atoms with E-state index in [0.29, 0.717) is 10.2 Å². The Kier molecular flexibility index (Phi) is 2.96. The molecule has 2 atom stereocenters. The van der Waals surface area contributed by atoms with Gasteiger partial charge < -0.3 is 0 Å². The summed E-state index contributed by atoms with van der Waals surface area (Å²) in [5.41, 5.74) is 0.401. The van der Waals surface area contributed by atoms with E-state index in [0.717, 1.165) is 11.1 Å². The van der Waals surface area contributed by atoms with Crippen molar-refractivity contribution in [2.75, 3.05) is 0 Å². The number of alkyl halides is 2. The van der Waals surface area contributed by atoms with Gasteiger partial charge in [0.1, 0.15) is 0 Å². The van der Waals surface area contributed by atoms with Crippen molar-refractivity contribution in [2.24, 2.45) is 11.8 Å². The van der Waals surface area contributed by atoms with Crippen LogP contribution in [0.1, 0.15) is 12.1 Å². The lowest BCUT2D eigenvalue weighted by molar-refractivity contribution is -0.140. The largest absolute Gasteiger partial charge is 0.333 e. The van der Waals surface area contributed by atoms with Gasteiger partial charge in [-0.2, -0.15) is 13.9 Å². The zero-order valence-corrected chi connectivity index (χ0v) is 10.3. The highest BCUT2D eigenvalue weighted by Crippen LogP contribution is 2.32. The number of fused-ring (bicyclic) bond motifs is 1. The van der Waals surface area contributed by atoms with Gasteiger partial charge in [0.15, 0.2) is 0 Å². The van der Waals surface area contributed by atoms with Crippen LogP contribution in [0, 0.1) is 11.8 Å². The molecule has 2 amide bonds. The molecular weight excluding hydrogens is 268 g/mol. The summed E-state index contributed by atoms with van der Waals surface area (Å²) >= 11 is 0. The summed E-state index contributed by atoms with van der Waals surface area (Å²) in [7, 11) is 0. The first-order valence-electron chi connectivity index (χ1n) is 6.09. The van der Waals surface area contributed by atoms with Crippen molar-refractivity contribution >= 4 is 11.8 Å². The van der Waals surface area contributed by atoms with E-state index in [1.165, 1.54) is 6.20 Å². The topological polar surface area (TPSA) is 55.2 Å². The average molecular weight is 279 g/mol. The first-order valence-corrected chi connectivity index (χ1v) is 6.09. The highest BCUT2D eigenvalue weighted by atomic mass is 19.3. The predicted octanol–water partition coefficient (Wildman–Crippen LogP) is 1.51. The van der Waals surface area contributed by atoms with E-state index in [1.54, 1.807) is 24.3 Å². The maximum absolute atomic E-state index is 12.4. The number of rotatable bonds is 3. The standard InChI is InChI=1S/C13H11F2N3O2/c14-13(15)18-7-8(5-16-18)6-17-11(19)9-3-1-2-4-10(9)12(17)20/h1-5,7,9-10,13H,6H2. The molecule has 1 fully saturated rings. The van der Waals surface area contributed by atoms with E-state index in [-0.39, 0.29) is 18.4 Å². The molecule has 5 nitrogen and oxygen atoms in total. The molecule has 20 heavy (non-hydrogen) atoms. The first kappa shape index (κ1) is 12.7. The smallest absolute Gasteiger partial charge is 0.277 e. The molecule has 104 valence electrons. The lowest BCUT2D eigenvalue weighted by atomic mass is 9.91. The van der Waals surface area contributed by atoms with Crippen LogP contribution in [0.5, 0.6) is 0 Å².